The van der Waals surface area contributed by atoms with E-state index in [2.05, 4.69) is 17.2 Å². The number of rotatable bonds is 5. The molecule has 2 aromatic rings. The number of phenolic OH excluding ortho intramolecular Hbond substituents is 1. The predicted octanol–water partition coefficient (Wildman–Crippen LogP) is 4.21. The number of phenols is 1. The van der Waals surface area contributed by atoms with Crippen LogP contribution in [-0.2, 0) is 5.41 Å². The second-order valence-corrected chi connectivity index (χ2v) is 6.86. The zero-order valence-electron chi connectivity index (χ0n) is 14.4. The number of aromatic nitrogens is 1. The Morgan fingerprint density at radius 1 is 1.30 bits per heavy atom. The number of aromatic amines is 1. The maximum Gasteiger partial charge on any atom is 0.255 e. The second kappa shape index (κ2) is 6.90. The number of hydrogen-bond acceptors (Lipinski definition) is 2. The van der Waals surface area contributed by atoms with Gasteiger partial charge in [0.15, 0.2) is 0 Å². The van der Waals surface area contributed by atoms with Gasteiger partial charge in [0.25, 0.3) is 5.91 Å². The molecule has 0 bridgehead atoms. The number of H-pyrrole nitrogens is 1. The minimum atomic E-state index is -0.259. The quantitative estimate of drug-likeness (QED) is 0.724. The third-order valence-electron chi connectivity index (χ3n) is 3.89. The van der Waals surface area contributed by atoms with Crippen molar-refractivity contribution in [3.05, 3.63) is 41.6 Å². The molecule has 0 aliphatic carbocycles. The molecule has 0 atom stereocenters. The Balaban J connectivity index is 2.48. The first kappa shape index (κ1) is 17.1. The molecule has 0 fully saturated rings. The van der Waals surface area contributed by atoms with Crippen LogP contribution in [0.2, 0.25) is 0 Å². The molecule has 23 heavy (non-hydrogen) atoms. The molecular formula is C19H26N2O2. The minimum Gasteiger partial charge on any atom is -0.507 e. The van der Waals surface area contributed by atoms with Gasteiger partial charge < -0.3 is 15.4 Å². The molecule has 1 heterocycles. The Hall–Kier alpha value is -2.23. The van der Waals surface area contributed by atoms with Gasteiger partial charge >= 0.3 is 0 Å². The molecule has 124 valence electrons. The summed E-state index contributed by atoms with van der Waals surface area (Å²) in [6.45, 7) is 8.78. The fraction of sp³-hybridized carbons (Fsp3) is 0.421. The van der Waals surface area contributed by atoms with Crippen LogP contribution in [0.1, 0.15) is 56.5 Å². The van der Waals surface area contributed by atoms with Crippen LogP contribution in [0.3, 0.4) is 0 Å². The van der Waals surface area contributed by atoms with Crippen molar-refractivity contribution < 1.29 is 9.90 Å². The molecule has 4 nitrogen and oxygen atoms in total. The van der Waals surface area contributed by atoms with Crippen LogP contribution in [0, 0.1) is 0 Å². The monoisotopic (exact) mass is 314 g/mol. The molecule has 2 rings (SSSR count). The highest BCUT2D eigenvalue weighted by atomic mass is 16.3. The van der Waals surface area contributed by atoms with Gasteiger partial charge in [0.2, 0.25) is 0 Å². The smallest absolute Gasteiger partial charge is 0.255 e. The Morgan fingerprint density at radius 2 is 2.04 bits per heavy atom. The molecule has 3 N–H and O–H groups in total. The first-order valence-corrected chi connectivity index (χ1v) is 8.14. The lowest BCUT2D eigenvalue weighted by atomic mass is 9.83. The normalized spacial score (nSPS) is 11.5. The molecule has 0 saturated heterocycles. The van der Waals surface area contributed by atoms with Crippen molar-refractivity contribution in [3.63, 3.8) is 0 Å². The van der Waals surface area contributed by atoms with E-state index >= 15 is 0 Å². The molecule has 4 heteroatoms. The van der Waals surface area contributed by atoms with E-state index < -0.39 is 0 Å². The number of benzene rings is 1. The van der Waals surface area contributed by atoms with Gasteiger partial charge in [-0.15, -0.1) is 0 Å². The predicted molar refractivity (Wildman–Crippen MR) is 93.8 cm³/mol. The van der Waals surface area contributed by atoms with E-state index in [4.69, 9.17) is 0 Å². The molecule has 1 aromatic heterocycles. The fourth-order valence-electron chi connectivity index (χ4n) is 2.52. The molecule has 0 spiro atoms. The number of hydrogen-bond donors (Lipinski definition) is 3. The molecule has 1 aromatic carbocycles. The maximum absolute atomic E-state index is 12.5. The number of amides is 1. The Labute approximate surface area is 137 Å². The molecule has 0 radical (unpaired) electrons. The number of nitrogens with one attached hydrogen (secondary N) is 2. The fourth-order valence-corrected chi connectivity index (χ4v) is 2.52. The van der Waals surface area contributed by atoms with Gasteiger partial charge in [-0.2, -0.15) is 0 Å². The molecule has 0 aliphatic heterocycles. The Morgan fingerprint density at radius 3 is 2.61 bits per heavy atom. The van der Waals surface area contributed by atoms with Crippen molar-refractivity contribution in [1.82, 2.24) is 10.3 Å². The van der Waals surface area contributed by atoms with E-state index in [9.17, 15) is 9.90 Å². The van der Waals surface area contributed by atoms with Gasteiger partial charge in [0, 0.05) is 24.0 Å². The van der Waals surface area contributed by atoms with Crippen LogP contribution in [0.25, 0.3) is 11.3 Å². The summed E-state index contributed by atoms with van der Waals surface area (Å²) in [6, 6.07) is 7.57. The van der Waals surface area contributed by atoms with Gasteiger partial charge in [-0.25, -0.2) is 0 Å². The van der Waals surface area contributed by atoms with Crippen molar-refractivity contribution in [2.45, 2.75) is 46.0 Å². The largest absolute Gasteiger partial charge is 0.507 e. The van der Waals surface area contributed by atoms with Crippen molar-refractivity contribution in [2.24, 2.45) is 0 Å². The van der Waals surface area contributed by atoms with Crippen molar-refractivity contribution in [2.75, 3.05) is 6.54 Å². The highest BCUT2D eigenvalue weighted by molar-refractivity contribution is 5.98. The van der Waals surface area contributed by atoms with Crippen molar-refractivity contribution in [1.29, 1.82) is 0 Å². The van der Waals surface area contributed by atoms with Crippen LogP contribution < -0.4 is 5.32 Å². The van der Waals surface area contributed by atoms with Crippen LogP contribution in [-0.4, -0.2) is 22.5 Å². The molecule has 0 aliphatic rings. The lowest BCUT2D eigenvalue weighted by molar-refractivity contribution is 0.0950. The summed E-state index contributed by atoms with van der Waals surface area (Å²) >= 11 is 0. The lowest BCUT2D eigenvalue weighted by Crippen LogP contribution is -2.25. The Bertz CT molecular complexity index is 667. The van der Waals surface area contributed by atoms with E-state index in [-0.39, 0.29) is 17.1 Å². The van der Waals surface area contributed by atoms with Gasteiger partial charge in [0.05, 0.1) is 5.56 Å². The van der Waals surface area contributed by atoms with Gasteiger partial charge in [-0.05, 0) is 41.7 Å². The summed E-state index contributed by atoms with van der Waals surface area (Å²) < 4.78 is 0. The summed E-state index contributed by atoms with van der Waals surface area (Å²) in [4.78, 5) is 15.6. The summed E-state index contributed by atoms with van der Waals surface area (Å²) in [5.41, 5.74) is 2.67. The van der Waals surface area contributed by atoms with Crippen LogP contribution in [0.4, 0.5) is 0 Å². The van der Waals surface area contributed by atoms with Gasteiger partial charge in [-0.3, -0.25) is 4.79 Å². The van der Waals surface area contributed by atoms with E-state index in [0.29, 0.717) is 12.1 Å². The van der Waals surface area contributed by atoms with Gasteiger partial charge in [-0.1, -0.05) is 34.1 Å². The third kappa shape index (κ3) is 3.95. The first-order chi connectivity index (χ1) is 10.8. The van der Waals surface area contributed by atoms with Crippen LogP contribution in [0.5, 0.6) is 5.75 Å². The standard InChI is InChI=1S/C19H26N2O2/c1-5-6-9-21-18(23)14-11-13(16-8-7-10-20-16)12-15(17(14)22)19(2,3)4/h7-8,10-12,20,22H,5-6,9H2,1-4H3,(H,21,23). The Kier molecular flexibility index (Phi) is 5.14. The highest BCUT2D eigenvalue weighted by Gasteiger charge is 2.24. The van der Waals surface area contributed by atoms with E-state index in [1.54, 1.807) is 6.07 Å². The number of aromatic hydroxyl groups is 1. The summed E-state index contributed by atoms with van der Waals surface area (Å²) in [7, 11) is 0. The number of carbonyl (C=O) groups is 1. The van der Waals surface area contributed by atoms with Crippen LogP contribution >= 0.6 is 0 Å². The van der Waals surface area contributed by atoms with E-state index in [1.165, 1.54) is 0 Å². The zero-order valence-corrected chi connectivity index (χ0v) is 14.4. The summed E-state index contributed by atoms with van der Waals surface area (Å²) in [6.07, 6.45) is 3.79. The minimum absolute atomic E-state index is 0.0711. The summed E-state index contributed by atoms with van der Waals surface area (Å²) in [5, 5.41) is 13.5. The second-order valence-electron chi connectivity index (χ2n) is 6.86. The topological polar surface area (TPSA) is 65.1 Å². The molecule has 0 unspecified atom stereocenters. The van der Waals surface area contributed by atoms with Crippen LogP contribution in [0.15, 0.2) is 30.5 Å². The molecular weight excluding hydrogens is 288 g/mol. The highest BCUT2D eigenvalue weighted by Crippen LogP contribution is 2.37. The van der Waals surface area contributed by atoms with Gasteiger partial charge in [0.1, 0.15) is 5.75 Å². The average Bonchev–Trinajstić information content (AvgIpc) is 3.00. The van der Waals surface area contributed by atoms with E-state index in [1.807, 2.05) is 45.2 Å². The lowest BCUT2D eigenvalue weighted by Gasteiger charge is -2.23. The van der Waals surface area contributed by atoms with E-state index in [0.717, 1.165) is 29.7 Å². The van der Waals surface area contributed by atoms with Crippen molar-refractivity contribution in [3.8, 4) is 17.0 Å². The first-order valence-electron chi connectivity index (χ1n) is 8.14. The molecule has 0 saturated carbocycles. The molecule has 1 amide bonds. The van der Waals surface area contributed by atoms with Crippen molar-refractivity contribution >= 4 is 5.91 Å². The average molecular weight is 314 g/mol. The zero-order chi connectivity index (χ0) is 17.0. The number of carbonyl (C=O) groups excluding carboxylic acids is 1. The number of unbranched alkanes of at least 4 members (excludes halogenated alkanes) is 1. The summed E-state index contributed by atoms with van der Waals surface area (Å²) in [5.74, 6) is -0.156. The third-order valence-corrected chi connectivity index (χ3v) is 3.89. The maximum atomic E-state index is 12.5. The SMILES string of the molecule is CCCCNC(=O)c1cc(-c2ccc[nH]2)cc(C(C)(C)C)c1O.